The van der Waals surface area contributed by atoms with Crippen LogP contribution in [0.4, 0.5) is 11.4 Å². The first kappa shape index (κ1) is 17.9. The maximum absolute atomic E-state index is 11.0. The normalized spacial score (nSPS) is 13.9. The summed E-state index contributed by atoms with van der Waals surface area (Å²) in [7, 11) is 0. The molecule has 0 atom stereocenters. The number of anilines is 1. The van der Waals surface area contributed by atoms with Crippen LogP contribution in [-0.4, -0.2) is 31.4 Å². The molecule has 0 spiro atoms. The number of rotatable bonds is 4. The molecule has 142 valence electrons. The van der Waals surface area contributed by atoms with Crippen molar-refractivity contribution in [3.05, 3.63) is 75.6 Å². The Morgan fingerprint density at radius 3 is 2.75 bits per heavy atom. The molecular formula is C20H19N5O3. The molecule has 1 aliphatic heterocycles. The Bertz CT molecular complexity index is 1040. The molecule has 0 bridgehead atoms. The fourth-order valence-corrected chi connectivity index (χ4v) is 3.37. The summed E-state index contributed by atoms with van der Waals surface area (Å²) in [6, 6.07) is 12.0. The fraction of sp³-hybridized carbons (Fsp3) is 0.200. The van der Waals surface area contributed by atoms with Crippen LogP contribution in [0.5, 0.6) is 5.75 Å². The molecule has 0 aliphatic carbocycles. The predicted octanol–water partition coefficient (Wildman–Crippen LogP) is 2.90. The van der Waals surface area contributed by atoms with E-state index in [1.807, 2.05) is 30.5 Å². The van der Waals surface area contributed by atoms with Gasteiger partial charge in [0, 0.05) is 60.7 Å². The van der Waals surface area contributed by atoms with Gasteiger partial charge in [-0.2, -0.15) is 0 Å². The Kier molecular flexibility index (Phi) is 4.62. The minimum absolute atomic E-state index is 0.270. The highest BCUT2D eigenvalue weighted by molar-refractivity contribution is 5.59. The molecule has 0 unspecified atom stereocenters. The quantitative estimate of drug-likeness (QED) is 0.408. The summed E-state index contributed by atoms with van der Waals surface area (Å²) in [5, 5.41) is 21.2. The fourth-order valence-electron chi connectivity index (χ4n) is 3.37. The minimum atomic E-state index is -0.573. The molecule has 0 saturated carbocycles. The van der Waals surface area contributed by atoms with E-state index in [1.54, 1.807) is 12.1 Å². The van der Waals surface area contributed by atoms with Gasteiger partial charge in [0.05, 0.1) is 10.6 Å². The summed E-state index contributed by atoms with van der Waals surface area (Å²) < 4.78 is 0. The molecule has 1 aromatic heterocycles. The molecule has 0 radical (unpaired) electrons. The Hall–Kier alpha value is -3.52. The highest BCUT2D eigenvalue weighted by Crippen LogP contribution is 2.31. The number of nitrogens with two attached hydrogens (primary N) is 1. The van der Waals surface area contributed by atoms with Crippen molar-refractivity contribution in [3.63, 3.8) is 0 Å². The van der Waals surface area contributed by atoms with E-state index in [0.717, 1.165) is 29.8 Å². The first-order valence-electron chi connectivity index (χ1n) is 8.89. The molecular weight excluding hydrogens is 358 g/mol. The Balaban J connectivity index is 1.52. The molecule has 1 aliphatic rings. The zero-order valence-electron chi connectivity index (χ0n) is 15.1. The van der Waals surface area contributed by atoms with Gasteiger partial charge >= 0.3 is 5.69 Å². The second-order valence-corrected chi connectivity index (χ2v) is 6.79. The number of nitrogen functional groups attached to an aromatic ring is 1. The highest BCUT2D eigenvalue weighted by atomic mass is 16.6. The summed E-state index contributed by atoms with van der Waals surface area (Å²) in [4.78, 5) is 21.7. The lowest BCUT2D eigenvalue weighted by Gasteiger charge is -2.28. The van der Waals surface area contributed by atoms with Crippen molar-refractivity contribution in [2.24, 2.45) is 0 Å². The number of fused-ring (bicyclic) bond motifs is 1. The van der Waals surface area contributed by atoms with Crippen molar-refractivity contribution in [1.82, 2.24) is 14.9 Å². The maximum atomic E-state index is 11.0. The van der Waals surface area contributed by atoms with E-state index in [9.17, 15) is 15.2 Å². The van der Waals surface area contributed by atoms with E-state index in [-0.39, 0.29) is 11.4 Å². The second-order valence-electron chi connectivity index (χ2n) is 6.79. The lowest BCUT2D eigenvalue weighted by atomic mass is 10.0. The van der Waals surface area contributed by atoms with Crippen molar-refractivity contribution >= 4 is 11.4 Å². The second kappa shape index (κ2) is 7.24. The van der Waals surface area contributed by atoms with Crippen molar-refractivity contribution in [2.45, 2.75) is 19.5 Å². The molecule has 8 nitrogen and oxygen atoms in total. The van der Waals surface area contributed by atoms with Gasteiger partial charge in [0.15, 0.2) is 11.6 Å². The first-order valence-corrected chi connectivity index (χ1v) is 8.89. The average Bonchev–Trinajstić information content (AvgIpc) is 2.69. The summed E-state index contributed by atoms with van der Waals surface area (Å²) in [5.74, 6) is 0.400. The molecule has 0 fully saturated rings. The number of benzene rings is 2. The van der Waals surface area contributed by atoms with Crippen LogP contribution in [0.15, 0.2) is 48.7 Å². The molecule has 0 amide bonds. The SMILES string of the molecule is Nc1ccc(-c2ncc3c(n2)CCN(Cc2cccc([N+](=O)[O-])c2O)C3)cc1. The summed E-state index contributed by atoms with van der Waals surface area (Å²) >= 11 is 0. The van der Waals surface area contributed by atoms with Crippen LogP contribution in [0.2, 0.25) is 0 Å². The molecule has 3 aromatic rings. The Morgan fingerprint density at radius 2 is 2.00 bits per heavy atom. The Labute approximate surface area is 161 Å². The number of nitrogens with zero attached hydrogens (tertiary/aromatic N) is 4. The number of hydrogen-bond acceptors (Lipinski definition) is 7. The highest BCUT2D eigenvalue weighted by Gasteiger charge is 2.22. The van der Waals surface area contributed by atoms with Crippen molar-refractivity contribution in [1.29, 1.82) is 0 Å². The van der Waals surface area contributed by atoms with E-state index < -0.39 is 4.92 Å². The van der Waals surface area contributed by atoms with Gasteiger partial charge in [0.25, 0.3) is 0 Å². The van der Waals surface area contributed by atoms with Gasteiger partial charge in [0.1, 0.15) is 0 Å². The topological polar surface area (TPSA) is 118 Å². The summed E-state index contributed by atoms with van der Waals surface area (Å²) in [6.07, 6.45) is 2.57. The number of aromatic hydroxyl groups is 1. The van der Waals surface area contributed by atoms with Crippen molar-refractivity contribution in [3.8, 4) is 17.1 Å². The maximum Gasteiger partial charge on any atom is 0.311 e. The van der Waals surface area contributed by atoms with Crippen molar-refractivity contribution in [2.75, 3.05) is 12.3 Å². The van der Waals surface area contributed by atoms with Gasteiger partial charge in [0.2, 0.25) is 0 Å². The molecule has 4 rings (SSSR count). The van der Waals surface area contributed by atoms with E-state index in [1.165, 1.54) is 6.07 Å². The van der Waals surface area contributed by atoms with E-state index in [4.69, 9.17) is 10.7 Å². The third kappa shape index (κ3) is 3.49. The van der Waals surface area contributed by atoms with Crippen LogP contribution in [0.25, 0.3) is 11.4 Å². The van der Waals surface area contributed by atoms with Gasteiger partial charge in [-0.1, -0.05) is 12.1 Å². The van der Waals surface area contributed by atoms with E-state index >= 15 is 0 Å². The van der Waals surface area contributed by atoms with E-state index in [0.29, 0.717) is 30.2 Å². The lowest BCUT2D eigenvalue weighted by Crippen LogP contribution is -2.31. The van der Waals surface area contributed by atoms with Gasteiger partial charge in [-0.3, -0.25) is 15.0 Å². The number of nitro groups is 1. The van der Waals surface area contributed by atoms with Crippen LogP contribution in [0.1, 0.15) is 16.8 Å². The number of hydrogen-bond donors (Lipinski definition) is 2. The standard InChI is InChI=1S/C20H19N5O3/c21-16-6-4-13(5-7-16)20-22-10-15-12-24(9-8-17(15)23-20)11-14-2-1-3-18(19(14)26)25(27)28/h1-7,10,26H,8-9,11-12,21H2. The van der Waals surface area contributed by atoms with Gasteiger partial charge in [-0.15, -0.1) is 0 Å². The average molecular weight is 377 g/mol. The van der Waals surface area contributed by atoms with E-state index in [2.05, 4.69) is 9.88 Å². The lowest BCUT2D eigenvalue weighted by molar-refractivity contribution is -0.385. The van der Waals surface area contributed by atoms with Gasteiger partial charge in [-0.25, -0.2) is 9.97 Å². The summed E-state index contributed by atoms with van der Waals surface area (Å²) in [5.41, 5.74) is 9.63. The number of phenols is 1. The molecule has 3 N–H and O–H groups in total. The number of aromatic nitrogens is 2. The van der Waals surface area contributed by atoms with Gasteiger partial charge in [-0.05, 0) is 24.3 Å². The minimum Gasteiger partial charge on any atom is -0.502 e. The predicted molar refractivity (Wildman–Crippen MR) is 104 cm³/mol. The molecule has 2 heterocycles. The molecule has 28 heavy (non-hydrogen) atoms. The Morgan fingerprint density at radius 1 is 1.21 bits per heavy atom. The number of para-hydroxylation sites is 1. The zero-order valence-corrected chi connectivity index (χ0v) is 15.1. The van der Waals surface area contributed by atoms with Crippen LogP contribution in [0, 0.1) is 10.1 Å². The van der Waals surface area contributed by atoms with Gasteiger partial charge < -0.3 is 10.8 Å². The third-order valence-corrected chi connectivity index (χ3v) is 4.87. The van der Waals surface area contributed by atoms with Crippen molar-refractivity contribution < 1.29 is 10.0 Å². The zero-order chi connectivity index (χ0) is 19.7. The monoisotopic (exact) mass is 377 g/mol. The smallest absolute Gasteiger partial charge is 0.311 e. The van der Waals surface area contributed by atoms with Crippen LogP contribution < -0.4 is 5.73 Å². The summed E-state index contributed by atoms with van der Waals surface area (Å²) in [6.45, 7) is 1.79. The number of phenolic OH excluding ortho intramolecular Hbond substituents is 1. The third-order valence-electron chi connectivity index (χ3n) is 4.87. The largest absolute Gasteiger partial charge is 0.502 e. The molecule has 0 saturated heterocycles. The first-order chi connectivity index (χ1) is 13.5. The molecule has 8 heteroatoms. The number of nitro benzene ring substituents is 1. The van der Waals surface area contributed by atoms with Crippen LogP contribution >= 0.6 is 0 Å². The van der Waals surface area contributed by atoms with Crippen LogP contribution in [-0.2, 0) is 19.5 Å². The van der Waals surface area contributed by atoms with Crippen LogP contribution in [0.3, 0.4) is 0 Å². The molecule has 2 aromatic carbocycles.